The van der Waals surface area contributed by atoms with Crippen molar-refractivity contribution < 1.29 is 9.84 Å². The SMILES string of the molecule is CCCCC#CC(C)C#CCCCCOCC(C)O. The number of aliphatic hydroxyl groups excluding tert-OH is 1. The Balaban J connectivity index is 3.49. The average Bonchev–Trinajstić information content (AvgIpc) is 2.37. The Morgan fingerprint density at radius 3 is 2.21 bits per heavy atom. The lowest BCUT2D eigenvalue weighted by atomic mass is 10.1. The monoisotopic (exact) mass is 264 g/mol. The molecule has 2 unspecified atom stereocenters. The lowest BCUT2D eigenvalue weighted by Gasteiger charge is -2.04. The van der Waals surface area contributed by atoms with Crippen LogP contribution in [-0.2, 0) is 4.74 Å². The summed E-state index contributed by atoms with van der Waals surface area (Å²) in [6.45, 7) is 7.09. The van der Waals surface area contributed by atoms with Gasteiger partial charge in [0.1, 0.15) is 0 Å². The van der Waals surface area contributed by atoms with E-state index in [9.17, 15) is 0 Å². The van der Waals surface area contributed by atoms with Crippen molar-refractivity contribution in [2.24, 2.45) is 5.92 Å². The van der Waals surface area contributed by atoms with E-state index in [4.69, 9.17) is 9.84 Å². The van der Waals surface area contributed by atoms with Gasteiger partial charge in [0.15, 0.2) is 0 Å². The standard InChI is InChI=1S/C17H28O2/c1-4-5-6-9-12-16(2)13-10-7-8-11-14-19-15-17(3)18/h16-18H,4-8,11,14-15H2,1-3H3. The third-order valence-corrected chi connectivity index (χ3v) is 2.49. The van der Waals surface area contributed by atoms with Crippen molar-refractivity contribution in [1.82, 2.24) is 0 Å². The van der Waals surface area contributed by atoms with Gasteiger partial charge in [0.25, 0.3) is 0 Å². The normalized spacial score (nSPS) is 12.8. The first kappa shape index (κ1) is 18.0. The van der Waals surface area contributed by atoms with Crippen LogP contribution in [0.1, 0.15) is 59.3 Å². The van der Waals surface area contributed by atoms with Crippen molar-refractivity contribution in [3.8, 4) is 23.7 Å². The predicted molar refractivity (Wildman–Crippen MR) is 80.6 cm³/mol. The molecule has 2 nitrogen and oxygen atoms in total. The number of hydrogen-bond acceptors (Lipinski definition) is 2. The average molecular weight is 264 g/mol. The van der Waals surface area contributed by atoms with Gasteiger partial charge in [-0.1, -0.05) is 25.2 Å². The molecule has 108 valence electrons. The van der Waals surface area contributed by atoms with Gasteiger partial charge in [-0.15, -0.1) is 11.8 Å². The summed E-state index contributed by atoms with van der Waals surface area (Å²) in [5.41, 5.74) is 0. The molecular formula is C17H28O2. The molecule has 2 atom stereocenters. The van der Waals surface area contributed by atoms with Gasteiger partial charge < -0.3 is 9.84 Å². The Kier molecular flexibility index (Phi) is 12.8. The summed E-state index contributed by atoms with van der Waals surface area (Å²) >= 11 is 0. The van der Waals surface area contributed by atoms with Gasteiger partial charge in [-0.05, 0) is 33.1 Å². The molecule has 0 rings (SSSR count). The molecule has 0 aliphatic carbocycles. The first-order valence-corrected chi connectivity index (χ1v) is 7.39. The number of ether oxygens (including phenoxy) is 1. The highest BCUT2D eigenvalue weighted by Crippen LogP contribution is 1.97. The maximum absolute atomic E-state index is 9.00. The molecule has 0 saturated heterocycles. The second-order valence-corrected chi connectivity index (χ2v) is 4.85. The van der Waals surface area contributed by atoms with Crippen molar-refractivity contribution in [1.29, 1.82) is 0 Å². The van der Waals surface area contributed by atoms with Crippen LogP contribution in [0.25, 0.3) is 0 Å². The first-order valence-electron chi connectivity index (χ1n) is 7.39. The third kappa shape index (κ3) is 15.0. The van der Waals surface area contributed by atoms with E-state index in [1.807, 2.05) is 0 Å². The van der Waals surface area contributed by atoms with Crippen molar-refractivity contribution in [3.05, 3.63) is 0 Å². The maximum atomic E-state index is 9.00. The molecule has 0 aromatic carbocycles. The molecule has 19 heavy (non-hydrogen) atoms. The number of aliphatic hydroxyl groups is 1. The molecule has 1 N–H and O–H groups in total. The first-order chi connectivity index (χ1) is 9.16. The molecule has 0 saturated carbocycles. The van der Waals surface area contributed by atoms with E-state index in [0.29, 0.717) is 13.2 Å². The van der Waals surface area contributed by atoms with Gasteiger partial charge in [-0.3, -0.25) is 0 Å². The molecule has 0 aromatic rings. The van der Waals surface area contributed by atoms with Crippen LogP contribution in [0.15, 0.2) is 0 Å². The molecule has 0 radical (unpaired) electrons. The minimum absolute atomic E-state index is 0.184. The van der Waals surface area contributed by atoms with Crippen LogP contribution in [0.4, 0.5) is 0 Å². The third-order valence-electron chi connectivity index (χ3n) is 2.49. The molecule has 2 heteroatoms. The fourth-order valence-corrected chi connectivity index (χ4v) is 1.42. The quantitative estimate of drug-likeness (QED) is 0.538. The molecule has 0 heterocycles. The van der Waals surface area contributed by atoms with E-state index in [1.54, 1.807) is 6.92 Å². The van der Waals surface area contributed by atoms with Crippen molar-refractivity contribution >= 4 is 0 Å². The summed E-state index contributed by atoms with van der Waals surface area (Å²) in [5, 5.41) is 9.00. The van der Waals surface area contributed by atoms with E-state index in [0.717, 1.165) is 25.7 Å². The van der Waals surface area contributed by atoms with Crippen molar-refractivity contribution in [3.63, 3.8) is 0 Å². The number of unbranched alkanes of at least 4 members (excludes halogenated alkanes) is 4. The van der Waals surface area contributed by atoms with Crippen LogP contribution in [0, 0.1) is 29.6 Å². The van der Waals surface area contributed by atoms with Gasteiger partial charge in [0.2, 0.25) is 0 Å². The van der Waals surface area contributed by atoms with Gasteiger partial charge in [0, 0.05) is 19.4 Å². The zero-order valence-electron chi connectivity index (χ0n) is 12.7. The van der Waals surface area contributed by atoms with Crippen molar-refractivity contribution in [2.45, 2.75) is 65.4 Å². The Hall–Kier alpha value is -0.960. The maximum Gasteiger partial charge on any atom is 0.0783 e. The summed E-state index contributed by atoms with van der Waals surface area (Å²) in [5.74, 6) is 12.9. The predicted octanol–water partition coefficient (Wildman–Crippen LogP) is 3.39. The Morgan fingerprint density at radius 1 is 1.00 bits per heavy atom. The lowest BCUT2D eigenvalue weighted by molar-refractivity contribution is 0.0448. The van der Waals surface area contributed by atoms with Crippen LogP contribution < -0.4 is 0 Å². The van der Waals surface area contributed by atoms with Gasteiger partial charge in [0.05, 0.1) is 18.6 Å². The van der Waals surface area contributed by atoms with Gasteiger partial charge >= 0.3 is 0 Å². The van der Waals surface area contributed by atoms with Crippen LogP contribution in [0.5, 0.6) is 0 Å². The zero-order valence-corrected chi connectivity index (χ0v) is 12.7. The Morgan fingerprint density at radius 2 is 1.63 bits per heavy atom. The van der Waals surface area contributed by atoms with Crippen molar-refractivity contribution in [2.75, 3.05) is 13.2 Å². The topological polar surface area (TPSA) is 29.5 Å². The molecule has 0 bridgehead atoms. The molecule has 0 aliphatic heterocycles. The Bertz CT molecular complexity index is 312. The van der Waals surface area contributed by atoms with E-state index >= 15 is 0 Å². The molecule has 0 spiro atoms. The van der Waals surface area contributed by atoms with Crippen LogP contribution in [0.3, 0.4) is 0 Å². The summed E-state index contributed by atoms with van der Waals surface area (Å²) in [7, 11) is 0. The summed E-state index contributed by atoms with van der Waals surface area (Å²) in [4.78, 5) is 0. The molecule has 0 amide bonds. The van der Waals surface area contributed by atoms with Crippen LogP contribution >= 0.6 is 0 Å². The second kappa shape index (κ2) is 13.5. The van der Waals surface area contributed by atoms with Gasteiger partial charge in [-0.2, -0.15) is 0 Å². The number of hydrogen-bond donors (Lipinski definition) is 1. The Labute approximate surface area is 118 Å². The summed E-state index contributed by atoms with van der Waals surface area (Å²) in [6.07, 6.45) is 5.95. The van der Waals surface area contributed by atoms with E-state index in [-0.39, 0.29) is 12.0 Å². The van der Waals surface area contributed by atoms with Crippen LogP contribution in [0.2, 0.25) is 0 Å². The molecule has 0 aromatic heterocycles. The largest absolute Gasteiger partial charge is 0.391 e. The lowest BCUT2D eigenvalue weighted by Crippen LogP contribution is -2.10. The highest BCUT2D eigenvalue weighted by atomic mass is 16.5. The summed E-state index contributed by atoms with van der Waals surface area (Å²) in [6, 6.07) is 0. The molecule has 0 aliphatic rings. The highest BCUT2D eigenvalue weighted by molar-refractivity contribution is 5.16. The van der Waals surface area contributed by atoms with E-state index < -0.39 is 0 Å². The fourth-order valence-electron chi connectivity index (χ4n) is 1.42. The van der Waals surface area contributed by atoms with Gasteiger partial charge in [-0.25, -0.2) is 0 Å². The van der Waals surface area contributed by atoms with Crippen LogP contribution in [-0.4, -0.2) is 24.4 Å². The minimum atomic E-state index is -0.369. The highest BCUT2D eigenvalue weighted by Gasteiger charge is 1.94. The minimum Gasteiger partial charge on any atom is -0.391 e. The van der Waals surface area contributed by atoms with E-state index in [2.05, 4.69) is 37.5 Å². The zero-order chi connectivity index (χ0) is 14.3. The van der Waals surface area contributed by atoms with E-state index in [1.165, 1.54) is 12.8 Å². The second-order valence-electron chi connectivity index (χ2n) is 4.85. The smallest absolute Gasteiger partial charge is 0.0783 e. The summed E-state index contributed by atoms with van der Waals surface area (Å²) < 4.78 is 5.28. The molecule has 0 fully saturated rings. The fraction of sp³-hybridized carbons (Fsp3) is 0.765. The number of rotatable bonds is 8. The molecular weight excluding hydrogens is 236 g/mol.